The quantitative estimate of drug-likeness (QED) is 0.905. The van der Waals surface area contributed by atoms with Crippen molar-refractivity contribution < 1.29 is 21.6 Å². The number of hydrogen-bond acceptors (Lipinski definition) is 3. The molecule has 2 rings (SSSR count). The summed E-state index contributed by atoms with van der Waals surface area (Å²) in [6, 6.07) is 13.6. The third-order valence-corrected chi connectivity index (χ3v) is 4.10. The van der Waals surface area contributed by atoms with Gasteiger partial charge in [0, 0.05) is 0 Å². The van der Waals surface area contributed by atoms with Gasteiger partial charge in [0.25, 0.3) is 0 Å². The minimum absolute atomic E-state index is 0.198. The maximum atomic E-state index is 12.5. The zero-order chi connectivity index (χ0) is 16.4. The van der Waals surface area contributed by atoms with E-state index in [1.54, 1.807) is 41.1 Å². The van der Waals surface area contributed by atoms with Crippen LogP contribution in [0.5, 0.6) is 0 Å². The number of para-hydroxylation sites is 1. The predicted octanol–water partition coefficient (Wildman–Crippen LogP) is 3.00. The van der Waals surface area contributed by atoms with Gasteiger partial charge in [0.05, 0.1) is 11.7 Å². The molecule has 22 heavy (non-hydrogen) atoms. The van der Waals surface area contributed by atoms with Crippen molar-refractivity contribution in [3.63, 3.8) is 0 Å². The van der Waals surface area contributed by atoms with E-state index in [2.05, 4.69) is 0 Å². The smallest absolute Gasteiger partial charge is 0.320 e. The molecule has 0 aliphatic carbocycles. The molecule has 0 fully saturated rings. The highest BCUT2D eigenvalue weighted by atomic mass is 32.2. The molecule has 0 heterocycles. The van der Waals surface area contributed by atoms with E-state index in [-0.39, 0.29) is 11.3 Å². The second kappa shape index (κ2) is 5.98. The van der Waals surface area contributed by atoms with Gasteiger partial charge in [-0.3, -0.25) is 4.72 Å². The predicted molar refractivity (Wildman–Crippen MR) is 77.5 cm³/mol. The monoisotopic (exact) mass is 330 g/mol. The lowest BCUT2D eigenvalue weighted by Crippen LogP contribution is -2.30. The summed E-state index contributed by atoms with van der Waals surface area (Å²) in [5.41, 5.74) is 1.34. The van der Waals surface area contributed by atoms with Crippen LogP contribution in [0.4, 0.5) is 18.9 Å². The van der Waals surface area contributed by atoms with E-state index in [0.29, 0.717) is 5.56 Å². The molecule has 4 nitrogen and oxygen atoms in total. The number of anilines is 1. The Labute approximate surface area is 125 Å². The van der Waals surface area contributed by atoms with E-state index < -0.39 is 21.6 Å². The molecule has 2 aromatic rings. The van der Waals surface area contributed by atoms with Crippen molar-refractivity contribution in [1.29, 1.82) is 0 Å². The summed E-state index contributed by atoms with van der Waals surface area (Å²) in [5, 5.41) is 0. The van der Waals surface area contributed by atoms with Crippen molar-refractivity contribution >= 4 is 15.7 Å². The molecule has 8 heteroatoms. The molecule has 0 amide bonds. The fraction of sp³-hybridized carbons (Fsp3) is 0.143. The molecule has 0 aliphatic heterocycles. The molecule has 0 radical (unpaired) electrons. The Morgan fingerprint density at radius 2 is 1.50 bits per heavy atom. The first-order valence-electron chi connectivity index (χ1n) is 6.21. The molecule has 2 aromatic carbocycles. The molecule has 118 valence electrons. The number of rotatable bonds is 4. The number of halogens is 3. The molecule has 0 aromatic heterocycles. The largest absolute Gasteiger partial charge is 0.516 e. The van der Waals surface area contributed by atoms with Crippen molar-refractivity contribution in [2.24, 2.45) is 5.73 Å². The van der Waals surface area contributed by atoms with Gasteiger partial charge in [0.1, 0.15) is 0 Å². The fourth-order valence-electron chi connectivity index (χ4n) is 1.90. The van der Waals surface area contributed by atoms with Crippen LogP contribution in [0.3, 0.4) is 0 Å². The van der Waals surface area contributed by atoms with E-state index in [1.165, 1.54) is 18.2 Å². The maximum Gasteiger partial charge on any atom is 0.516 e. The Kier molecular flexibility index (Phi) is 4.43. The van der Waals surface area contributed by atoms with Gasteiger partial charge in [0.15, 0.2) is 0 Å². The van der Waals surface area contributed by atoms with Crippen LogP contribution in [0.25, 0.3) is 0 Å². The Balaban J connectivity index is 2.40. The minimum atomic E-state index is -5.49. The lowest BCUT2D eigenvalue weighted by molar-refractivity contribution is -0.0429. The van der Waals surface area contributed by atoms with Gasteiger partial charge >= 0.3 is 15.5 Å². The summed E-state index contributed by atoms with van der Waals surface area (Å²) in [6.45, 7) is 0. The van der Waals surface area contributed by atoms with Crippen LogP contribution in [-0.4, -0.2) is 13.9 Å². The van der Waals surface area contributed by atoms with Crippen LogP contribution >= 0.6 is 0 Å². The van der Waals surface area contributed by atoms with Crippen LogP contribution in [-0.2, 0) is 10.0 Å². The fourth-order valence-corrected chi connectivity index (χ4v) is 2.49. The Bertz CT molecular complexity index is 746. The van der Waals surface area contributed by atoms with Crippen molar-refractivity contribution in [1.82, 2.24) is 0 Å². The highest BCUT2D eigenvalue weighted by Crippen LogP contribution is 2.30. The number of sulfonamides is 1. The second-order valence-electron chi connectivity index (χ2n) is 4.53. The van der Waals surface area contributed by atoms with Gasteiger partial charge in [-0.05, 0) is 17.2 Å². The van der Waals surface area contributed by atoms with Gasteiger partial charge in [-0.1, -0.05) is 48.5 Å². The standard InChI is InChI=1S/C14H13F3N2O2S/c15-14(16,17)22(20,21)19-12-9-5-4-8-11(12)13(18)10-6-2-1-3-7-10/h1-9,13,19H,18H2/t13-/m1/s1. The third-order valence-electron chi connectivity index (χ3n) is 3.00. The van der Waals surface area contributed by atoms with Gasteiger partial charge < -0.3 is 5.73 Å². The number of benzene rings is 2. The molecule has 0 bridgehead atoms. The molecular weight excluding hydrogens is 317 g/mol. The van der Waals surface area contributed by atoms with E-state index >= 15 is 0 Å². The Morgan fingerprint density at radius 3 is 2.09 bits per heavy atom. The Morgan fingerprint density at radius 1 is 0.955 bits per heavy atom. The summed E-state index contributed by atoms with van der Waals surface area (Å²) in [4.78, 5) is 0. The molecule has 0 aliphatic rings. The topological polar surface area (TPSA) is 72.2 Å². The van der Waals surface area contributed by atoms with Crippen molar-refractivity contribution in [2.45, 2.75) is 11.6 Å². The molecule has 3 N–H and O–H groups in total. The third kappa shape index (κ3) is 3.40. The maximum absolute atomic E-state index is 12.5. The molecule has 0 unspecified atom stereocenters. The first-order valence-corrected chi connectivity index (χ1v) is 7.69. The van der Waals surface area contributed by atoms with Gasteiger partial charge in [-0.25, -0.2) is 0 Å². The first-order chi connectivity index (χ1) is 10.2. The number of nitrogens with one attached hydrogen (secondary N) is 1. The summed E-state index contributed by atoms with van der Waals surface area (Å²) >= 11 is 0. The summed E-state index contributed by atoms with van der Waals surface area (Å²) < 4.78 is 61.5. The van der Waals surface area contributed by atoms with E-state index in [4.69, 9.17) is 5.73 Å². The van der Waals surface area contributed by atoms with E-state index in [0.717, 1.165) is 0 Å². The second-order valence-corrected chi connectivity index (χ2v) is 6.20. The molecule has 0 spiro atoms. The van der Waals surface area contributed by atoms with Crippen molar-refractivity contribution in [2.75, 3.05) is 4.72 Å². The number of alkyl halides is 3. The van der Waals surface area contributed by atoms with Crippen LogP contribution in [0.1, 0.15) is 17.2 Å². The van der Waals surface area contributed by atoms with E-state index in [1.807, 2.05) is 0 Å². The van der Waals surface area contributed by atoms with Gasteiger partial charge in [-0.15, -0.1) is 0 Å². The number of hydrogen-bond donors (Lipinski definition) is 2. The van der Waals surface area contributed by atoms with Gasteiger partial charge in [0.2, 0.25) is 0 Å². The SMILES string of the molecule is N[C@H](c1ccccc1)c1ccccc1NS(=O)(=O)C(F)(F)F. The first kappa shape index (κ1) is 16.3. The van der Waals surface area contributed by atoms with Crippen molar-refractivity contribution in [3.8, 4) is 0 Å². The van der Waals surface area contributed by atoms with Crippen molar-refractivity contribution in [3.05, 3.63) is 65.7 Å². The summed E-state index contributed by atoms with van der Waals surface area (Å²) in [7, 11) is -5.49. The van der Waals surface area contributed by atoms with Crippen LogP contribution in [0.2, 0.25) is 0 Å². The highest BCUT2D eigenvalue weighted by Gasteiger charge is 2.46. The van der Waals surface area contributed by atoms with E-state index in [9.17, 15) is 21.6 Å². The lowest BCUT2D eigenvalue weighted by atomic mass is 9.98. The summed E-state index contributed by atoms with van der Waals surface area (Å²) in [6.07, 6.45) is 0. The van der Waals surface area contributed by atoms with Crippen LogP contribution in [0, 0.1) is 0 Å². The molecular formula is C14H13F3N2O2S. The highest BCUT2D eigenvalue weighted by molar-refractivity contribution is 7.93. The molecule has 0 saturated carbocycles. The average molecular weight is 330 g/mol. The lowest BCUT2D eigenvalue weighted by Gasteiger charge is -2.18. The minimum Gasteiger partial charge on any atom is -0.320 e. The van der Waals surface area contributed by atoms with Crippen LogP contribution < -0.4 is 10.5 Å². The van der Waals surface area contributed by atoms with Gasteiger partial charge in [-0.2, -0.15) is 21.6 Å². The van der Waals surface area contributed by atoms with Crippen LogP contribution in [0.15, 0.2) is 54.6 Å². The molecule has 1 atom stereocenters. The normalized spacial score (nSPS) is 13.6. The zero-order valence-corrected chi connectivity index (χ0v) is 12.0. The molecule has 0 saturated heterocycles. The number of nitrogens with two attached hydrogens (primary N) is 1. The average Bonchev–Trinajstić information content (AvgIpc) is 2.46. The summed E-state index contributed by atoms with van der Waals surface area (Å²) in [5.74, 6) is 0. The zero-order valence-electron chi connectivity index (χ0n) is 11.2. The Hall–Kier alpha value is -2.06.